The monoisotopic (exact) mass is 240 g/mol. The van der Waals surface area contributed by atoms with Crippen LogP contribution in [0, 0.1) is 23.7 Å². The number of hydrogen-bond acceptors (Lipinski definition) is 2. The quantitative estimate of drug-likeness (QED) is 0.748. The van der Waals surface area contributed by atoms with E-state index in [-0.39, 0.29) is 0 Å². The smallest absolute Gasteiger partial charge is 0.0497 e. The van der Waals surface area contributed by atoms with Gasteiger partial charge < -0.3 is 9.47 Å². The minimum absolute atomic E-state index is 0.796. The molecule has 17 heavy (non-hydrogen) atoms. The van der Waals surface area contributed by atoms with Gasteiger partial charge in [-0.1, -0.05) is 13.8 Å². The molecule has 2 rings (SSSR count). The van der Waals surface area contributed by atoms with E-state index in [0.717, 1.165) is 50.1 Å². The second kappa shape index (κ2) is 6.75. The molecule has 2 nitrogen and oxygen atoms in total. The van der Waals surface area contributed by atoms with Crippen LogP contribution in [0.1, 0.15) is 46.0 Å². The van der Waals surface area contributed by atoms with Crippen LogP contribution < -0.4 is 0 Å². The summed E-state index contributed by atoms with van der Waals surface area (Å²) in [6, 6.07) is 0. The zero-order valence-corrected chi connectivity index (χ0v) is 11.5. The number of rotatable bonds is 4. The summed E-state index contributed by atoms with van der Waals surface area (Å²) in [5, 5.41) is 0. The van der Waals surface area contributed by atoms with Gasteiger partial charge in [-0.2, -0.15) is 0 Å². The van der Waals surface area contributed by atoms with E-state index < -0.39 is 0 Å². The molecule has 0 amide bonds. The minimum atomic E-state index is 0.796. The van der Waals surface area contributed by atoms with Gasteiger partial charge in [-0.05, 0) is 55.8 Å². The average Bonchev–Trinajstić information content (AvgIpc) is 2.38. The topological polar surface area (TPSA) is 18.5 Å². The van der Waals surface area contributed by atoms with Gasteiger partial charge in [-0.3, -0.25) is 0 Å². The Morgan fingerprint density at radius 3 is 2.35 bits per heavy atom. The molecule has 2 saturated heterocycles. The summed E-state index contributed by atoms with van der Waals surface area (Å²) in [5.41, 5.74) is 0. The first-order chi connectivity index (χ1) is 8.27. The second-order valence-electron chi connectivity index (χ2n) is 6.18. The van der Waals surface area contributed by atoms with Crippen LogP contribution in [0.25, 0.3) is 0 Å². The van der Waals surface area contributed by atoms with Crippen molar-refractivity contribution < 1.29 is 9.47 Å². The Labute approximate surface area is 106 Å². The van der Waals surface area contributed by atoms with Crippen molar-refractivity contribution in [2.45, 2.75) is 46.0 Å². The van der Waals surface area contributed by atoms with Crippen molar-refractivity contribution >= 4 is 0 Å². The lowest BCUT2D eigenvalue weighted by Crippen LogP contribution is -2.31. The summed E-state index contributed by atoms with van der Waals surface area (Å²) in [5.74, 6) is 3.37. The van der Waals surface area contributed by atoms with Crippen LogP contribution in [0.15, 0.2) is 0 Å². The van der Waals surface area contributed by atoms with Crippen LogP contribution in [-0.2, 0) is 9.47 Å². The van der Waals surface area contributed by atoms with E-state index in [0.29, 0.717) is 0 Å². The Kier molecular flexibility index (Phi) is 5.30. The third-order valence-corrected chi connectivity index (χ3v) is 4.60. The fourth-order valence-corrected chi connectivity index (χ4v) is 3.48. The molecule has 0 bridgehead atoms. The Morgan fingerprint density at radius 2 is 1.76 bits per heavy atom. The maximum Gasteiger partial charge on any atom is 0.0497 e. The number of hydrogen-bond donors (Lipinski definition) is 0. The van der Waals surface area contributed by atoms with E-state index in [1.165, 1.54) is 32.1 Å². The summed E-state index contributed by atoms with van der Waals surface area (Å²) in [6.45, 7) is 8.73. The molecular weight excluding hydrogens is 212 g/mol. The van der Waals surface area contributed by atoms with E-state index in [2.05, 4.69) is 13.8 Å². The summed E-state index contributed by atoms with van der Waals surface area (Å²) < 4.78 is 11.1. The van der Waals surface area contributed by atoms with Crippen molar-refractivity contribution in [3.05, 3.63) is 0 Å². The lowest BCUT2D eigenvalue weighted by Gasteiger charge is -2.36. The first-order valence-electron chi connectivity index (χ1n) is 7.43. The first kappa shape index (κ1) is 13.4. The molecule has 0 aromatic carbocycles. The van der Waals surface area contributed by atoms with Gasteiger partial charge in [0.15, 0.2) is 0 Å². The van der Waals surface area contributed by atoms with E-state index >= 15 is 0 Å². The van der Waals surface area contributed by atoms with Crippen LogP contribution in [0.4, 0.5) is 0 Å². The maximum absolute atomic E-state index is 5.68. The summed E-state index contributed by atoms with van der Waals surface area (Å²) >= 11 is 0. The maximum atomic E-state index is 5.68. The van der Waals surface area contributed by atoms with Crippen LogP contribution >= 0.6 is 0 Å². The Balaban J connectivity index is 1.86. The van der Waals surface area contributed by atoms with E-state index in [1.807, 2.05) is 0 Å². The Bertz CT molecular complexity index is 203. The van der Waals surface area contributed by atoms with Gasteiger partial charge in [0.25, 0.3) is 0 Å². The zero-order valence-electron chi connectivity index (χ0n) is 11.5. The van der Waals surface area contributed by atoms with Crippen molar-refractivity contribution in [1.82, 2.24) is 0 Å². The molecule has 0 N–H and O–H groups in total. The lowest BCUT2D eigenvalue weighted by atomic mass is 9.74. The highest BCUT2D eigenvalue weighted by Crippen LogP contribution is 2.35. The van der Waals surface area contributed by atoms with Crippen LogP contribution in [0.2, 0.25) is 0 Å². The molecule has 0 aromatic heterocycles. The molecule has 0 aliphatic carbocycles. The minimum Gasteiger partial charge on any atom is -0.381 e. The first-order valence-corrected chi connectivity index (χ1v) is 7.43. The molecule has 2 heteroatoms. The van der Waals surface area contributed by atoms with Gasteiger partial charge in [0.05, 0.1) is 0 Å². The van der Waals surface area contributed by atoms with Gasteiger partial charge in [-0.25, -0.2) is 0 Å². The predicted octanol–water partition coefficient (Wildman–Crippen LogP) is 3.50. The summed E-state index contributed by atoms with van der Waals surface area (Å²) in [4.78, 5) is 0. The molecule has 100 valence electrons. The van der Waals surface area contributed by atoms with Gasteiger partial charge >= 0.3 is 0 Å². The van der Waals surface area contributed by atoms with Crippen molar-refractivity contribution in [2.24, 2.45) is 23.7 Å². The third-order valence-electron chi connectivity index (χ3n) is 4.60. The van der Waals surface area contributed by atoms with Gasteiger partial charge in [0.1, 0.15) is 0 Å². The third kappa shape index (κ3) is 3.96. The molecule has 0 radical (unpaired) electrons. The molecule has 2 aliphatic heterocycles. The number of ether oxygens (including phenoxy) is 2. The van der Waals surface area contributed by atoms with Crippen LogP contribution in [0.3, 0.4) is 0 Å². The summed E-state index contributed by atoms with van der Waals surface area (Å²) in [7, 11) is 0. The largest absolute Gasteiger partial charge is 0.381 e. The average molecular weight is 240 g/mol. The fourth-order valence-electron chi connectivity index (χ4n) is 3.48. The Morgan fingerprint density at radius 1 is 1.00 bits per heavy atom. The van der Waals surface area contributed by atoms with E-state index in [1.54, 1.807) is 0 Å². The SMILES string of the molecule is CC(C)C(CC1CCOCC1)C1CCCOC1. The standard InChI is InChI=1S/C15H28O2/c1-12(2)15(14-4-3-7-17-11-14)10-13-5-8-16-9-6-13/h12-15H,3-11H2,1-2H3. The molecule has 2 atom stereocenters. The molecule has 0 spiro atoms. The second-order valence-corrected chi connectivity index (χ2v) is 6.18. The van der Waals surface area contributed by atoms with Crippen molar-refractivity contribution in [2.75, 3.05) is 26.4 Å². The van der Waals surface area contributed by atoms with Gasteiger partial charge in [-0.15, -0.1) is 0 Å². The molecule has 0 saturated carbocycles. The fraction of sp³-hybridized carbons (Fsp3) is 1.00. The molecule has 2 unspecified atom stereocenters. The molecule has 2 heterocycles. The highest BCUT2D eigenvalue weighted by atomic mass is 16.5. The highest BCUT2D eigenvalue weighted by Gasteiger charge is 2.29. The van der Waals surface area contributed by atoms with Crippen LogP contribution in [-0.4, -0.2) is 26.4 Å². The predicted molar refractivity (Wildman–Crippen MR) is 70.0 cm³/mol. The van der Waals surface area contributed by atoms with Crippen LogP contribution in [0.5, 0.6) is 0 Å². The molecule has 2 aliphatic rings. The van der Waals surface area contributed by atoms with Crippen molar-refractivity contribution in [1.29, 1.82) is 0 Å². The normalized spacial score (nSPS) is 29.5. The zero-order chi connectivity index (χ0) is 12.1. The Hall–Kier alpha value is -0.0800. The molecular formula is C15H28O2. The van der Waals surface area contributed by atoms with Crippen molar-refractivity contribution in [3.63, 3.8) is 0 Å². The van der Waals surface area contributed by atoms with E-state index in [9.17, 15) is 0 Å². The highest BCUT2D eigenvalue weighted by molar-refractivity contribution is 4.78. The van der Waals surface area contributed by atoms with E-state index in [4.69, 9.17) is 9.47 Å². The lowest BCUT2D eigenvalue weighted by molar-refractivity contribution is 0.00225. The summed E-state index contributed by atoms with van der Waals surface area (Å²) in [6.07, 6.45) is 6.59. The molecule has 0 aromatic rings. The van der Waals surface area contributed by atoms with Crippen molar-refractivity contribution in [3.8, 4) is 0 Å². The molecule has 2 fully saturated rings. The van der Waals surface area contributed by atoms with Gasteiger partial charge in [0.2, 0.25) is 0 Å². The van der Waals surface area contributed by atoms with Gasteiger partial charge in [0, 0.05) is 26.4 Å².